The quantitative estimate of drug-likeness (QED) is 0.879. The van der Waals surface area contributed by atoms with Gasteiger partial charge in [0.25, 0.3) is 5.91 Å². The first kappa shape index (κ1) is 15.4. The summed E-state index contributed by atoms with van der Waals surface area (Å²) in [5.74, 6) is 0.0332. The van der Waals surface area contributed by atoms with Gasteiger partial charge in [0.1, 0.15) is 11.5 Å². The molecule has 2 aromatic rings. The molecule has 0 aliphatic carbocycles. The van der Waals surface area contributed by atoms with E-state index in [-0.39, 0.29) is 17.2 Å². The summed E-state index contributed by atoms with van der Waals surface area (Å²) >= 11 is 3.44. The van der Waals surface area contributed by atoms with E-state index in [1.54, 1.807) is 6.07 Å². The minimum Gasteiger partial charge on any atom is -0.507 e. The lowest BCUT2D eigenvalue weighted by atomic mass is 10.1. The highest BCUT2D eigenvalue weighted by molar-refractivity contribution is 9.10. The van der Waals surface area contributed by atoms with Crippen molar-refractivity contribution in [3.63, 3.8) is 0 Å². The molecular weight excluding hydrogens is 334 g/mol. The van der Waals surface area contributed by atoms with Gasteiger partial charge in [0, 0.05) is 4.47 Å². The minimum absolute atomic E-state index is 0.0887. The number of phenols is 1. The van der Waals surface area contributed by atoms with Crippen molar-refractivity contribution < 1.29 is 14.6 Å². The molecule has 0 saturated carbocycles. The number of methoxy groups -OCH3 is 1. The molecule has 0 unspecified atom stereocenters. The summed E-state index contributed by atoms with van der Waals surface area (Å²) in [6.07, 6.45) is 0. The first-order valence-corrected chi connectivity index (χ1v) is 7.16. The normalized spacial score (nSPS) is 10.3. The Morgan fingerprint density at radius 3 is 2.57 bits per heavy atom. The van der Waals surface area contributed by atoms with Crippen molar-refractivity contribution >= 4 is 27.5 Å². The molecule has 0 radical (unpaired) electrons. The fourth-order valence-corrected chi connectivity index (χ4v) is 2.85. The maximum Gasteiger partial charge on any atom is 0.259 e. The molecule has 0 saturated heterocycles. The molecular formula is C16H16BrNO3. The van der Waals surface area contributed by atoms with Gasteiger partial charge in [-0.25, -0.2) is 0 Å². The van der Waals surface area contributed by atoms with Gasteiger partial charge in [-0.3, -0.25) is 4.79 Å². The molecule has 5 heteroatoms. The summed E-state index contributed by atoms with van der Waals surface area (Å²) in [7, 11) is 1.51. The monoisotopic (exact) mass is 349 g/mol. The van der Waals surface area contributed by atoms with Crippen LogP contribution in [0.1, 0.15) is 21.5 Å². The molecule has 0 atom stereocenters. The van der Waals surface area contributed by atoms with Crippen molar-refractivity contribution in [1.82, 2.24) is 0 Å². The predicted molar refractivity (Wildman–Crippen MR) is 86.2 cm³/mol. The first-order chi connectivity index (χ1) is 9.92. The Bertz CT molecular complexity index is 675. The SMILES string of the molecule is COc1ccc(O)c(C(=O)Nc2c(C)cc(C)cc2Br)c1. The van der Waals surface area contributed by atoms with E-state index in [1.165, 1.54) is 19.2 Å². The summed E-state index contributed by atoms with van der Waals surface area (Å²) < 4.78 is 5.87. The molecule has 0 aromatic heterocycles. The van der Waals surface area contributed by atoms with Gasteiger partial charge in [-0.1, -0.05) is 6.07 Å². The number of aromatic hydroxyl groups is 1. The minimum atomic E-state index is -0.390. The largest absolute Gasteiger partial charge is 0.507 e. The zero-order chi connectivity index (χ0) is 15.6. The molecule has 2 N–H and O–H groups in total. The van der Waals surface area contributed by atoms with Crippen LogP contribution in [0.3, 0.4) is 0 Å². The van der Waals surface area contributed by atoms with Crippen molar-refractivity contribution in [1.29, 1.82) is 0 Å². The molecule has 0 aliphatic heterocycles. The van der Waals surface area contributed by atoms with Crippen molar-refractivity contribution in [2.75, 3.05) is 12.4 Å². The number of anilines is 1. The number of ether oxygens (including phenoxy) is 1. The number of benzene rings is 2. The maximum absolute atomic E-state index is 12.3. The average Bonchev–Trinajstić information content (AvgIpc) is 2.43. The fourth-order valence-electron chi connectivity index (χ4n) is 2.08. The zero-order valence-electron chi connectivity index (χ0n) is 12.0. The van der Waals surface area contributed by atoms with E-state index < -0.39 is 0 Å². The van der Waals surface area contributed by atoms with Crippen LogP contribution in [0.15, 0.2) is 34.8 Å². The highest BCUT2D eigenvalue weighted by Crippen LogP contribution is 2.30. The standard InChI is InChI=1S/C16H16BrNO3/c1-9-6-10(2)15(13(17)7-9)18-16(20)12-8-11(21-3)4-5-14(12)19/h4-8,19H,1-3H3,(H,18,20). The van der Waals surface area contributed by atoms with E-state index >= 15 is 0 Å². The summed E-state index contributed by atoms with van der Waals surface area (Å²) in [5, 5.41) is 12.6. The van der Waals surface area contributed by atoms with Gasteiger partial charge in [-0.15, -0.1) is 0 Å². The smallest absolute Gasteiger partial charge is 0.259 e. The van der Waals surface area contributed by atoms with E-state index in [4.69, 9.17) is 4.74 Å². The van der Waals surface area contributed by atoms with E-state index in [0.717, 1.165) is 15.6 Å². The Labute approximate surface area is 131 Å². The summed E-state index contributed by atoms with van der Waals surface area (Å²) in [5.41, 5.74) is 2.90. The third-order valence-electron chi connectivity index (χ3n) is 3.12. The molecule has 0 fully saturated rings. The highest BCUT2D eigenvalue weighted by atomic mass is 79.9. The molecule has 2 aromatic carbocycles. The lowest BCUT2D eigenvalue weighted by Gasteiger charge is -2.13. The van der Waals surface area contributed by atoms with E-state index in [1.807, 2.05) is 26.0 Å². The predicted octanol–water partition coefficient (Wildman–Crippen LogP) is 4.03. The van der Waals surface area contributed by atoms with Crippen LogP contribution < -0.4 is 10.1 Å². The number of nitrogens with one attached hydrogen (secondary N) is 1. The second-order valence-corrected chi connectivity index (χ2v) is 5.63. The van der Waals surface area contributed by atoms with Gasteiger partial charge in [0.2, 0.25) is 0 Å². The van der Waals surface area contributed by atoms with E-state index in [2.05, 4.69) is 21.2 Å². The van der Waals surface area contributed by atoms with Crippen molar-refractivity contribution in [2.24, 2.45) is 0 Å². The Hall–Kier alpha value is -2.01. The number of carbonyl (C=O) groups excluding carboxylic acids is 1. The molecule has 1 amide bonds. The van der Waals surface area contributed by atoms with Crippen LogP contribution in [0.4, 0.5) is 5.69 Å². The van der Waals surface area contributed by atoms with Gasteiger partial charge in [0.15, 0.2) is 0 Å². The van der Waals surface area contributed by atoms with Gasteiger partial charge in [-0.05, 0) is 65.2 Å². The average molecular weight is 350 g/mol. The molecule has 0 bridgehead atoms. The fraction of sp³-hybridized carbons (Fsp3) is 0.188. The van der Waals surface area contributed by atoms with Crippen LogP contribution in [0, 0.1) is 13.8 Å². The Kier molecular flexibility index (Phi) is 4.53. The third kappa shape index (κ3) is 3.36. The van der Waals surface area contributed by atoms with Crippen LogP contribution in [-0.4, -0.2) is 18.1 Å². The number of hydrogen-bond acceptors (Lipinski definition) is 3. The van der Waals surface area contributed by atoms with Crippen molar-refractivity contribution in [3.05, 3.63) is 51.5 Å². The number of aryl methyl sites for hydroxylation is 2. The number of phenolic OH excluding ortho intramolecular Hbond substituents is 1. The van der Waals surface area contributed by atoms with E-state index in [0.29, 0.717) is 11.4 Å². The van der Waals surface area contributed by atoms with E-state index in [9.17, 15) is 9.90 Å². The second-order valence-electron chi connectivity index (χ2n) is 4.78. The first-order valence-electron chi connectivity index (χ1n) is 6.37. The molecule has 0 heterocycles. The van der Waals surface area contributed by atoms with Crippen LogP contribution in [0.2, 0.25) is 0 Å². The summed E-state index contributed by atoms with van der Waals surface area (Å²) in [4.78, 5) is 12.3. The van der Waals surface area contributed by atoms with Gasteiger partial charge < -0.3 is 15.2 Å². The molecule has 4 nitrogen and oxygen atoms in total. The topological polar surface area (TPSA) is 58.6 Å². The molecule has 2 rings (SSSR count). The van der Waals surface area contributed by atoms with Crippen molar-refractivity contribution in [2.45, 2.75) is 13.8 Å². The second kappa shape index (κ2) is 6.18. The number of rotatable bonds is 3. The van der Waals surface area contributed by atoms with Crippen LogP contribution in [0.5, 0.6) is 11.5 Å². The number of carbonyl (C=O) groups is 1. The molecule has 21 heavy (non-hydrogen) atoms. The van der Waals surface area contributed by atoms with Crippen LogP contribution >= 0.6 is 15.9 Å². The molecule has 110 valence electrons. The Morgan fingerprint density at radius 1 is 1.24 bits per heavy atom. The number of halogens is 1. The maximum atomic E-state index is 12.3. The lowest BCUT2D eigenvalue weighted by Crippen LogP contribution is -2.13. The highest BCUT2D eigenvalue weighted by Gasteiger charge is 2.15. The van der Waals surface area contributed by atoms with Crippen molar-refractivity contribution in [3.8, 4) is 11.5 Å². The molecule has 0 spiro atoms. The summed E-state index contributed by atoms with van der Waals surface area (Å²) in [6, 6.07) is 8.44. The van der Waals surface area contributed by atoms with Crippen LogP contribution in [-0.2, 0) is 0 Å². The number of hydrogen-bond donors (Lipinski definition) is 2. The lowest BCUT2D eigenvalue weighted by molar-refractivity contribution is 0.102. The Balaban J connectivity index is 2.35. The Morgan fingerprint density at radius 2 is 1.95 bits per heavy atom. The van der Waals surface area contributed by atoms with Crippen LogP contribution in [0.25, 0.3) is 0 Å². The van der Waals surface area contributed by atoms with Gasteiger partial charge >= 0.3 is 0 Å². The van der Waals surface area contributed by atoms with Gasteiger partial charge in [-0.2, -0.15) is 0 Å². The summed E-state index contributed by atoms with van der Waals surface area (Å²) in [6.45, 7) is 3.90. The van der Waals surface area contributed by atoms with Gasteiger partial charge in [0.05, 0.1) is 18.4 Å². The third-order valence-corrected chi connectivity index (χ3v) is 3.74. The number of amides is 1. The molecule has 0 aliphatic rings. The zero-order valence-corrected chi connectivity index (χ0v) is 13.6.